The van der Waals surface area contributed by atoms with E-state index in [1.54, 1.807) is 0 Å². The summed E-state index contributed by atoms with van der Waals surface area (Å²) in [5, 5.41) is 0. The van der Waals surface area contributed by atoms with Crippen molar-refractivity contribution in [2.45, 2.75) is 37.4 Å². The molecular weight excluding hydrogens is 207 g/mol. The van der Waals surface area contributed by atoms with Gasteiger partial charge >= 0.3 is 0 Å². The normalized spacial score (nSPS) is 48.2. The zero-order chi connectivity index (χ0) is 9.85. The summed E-state index contributed by atoms with van der Waals surface area (Å²) < 4.78 is -1.11. The van der Waals surface area contributed by atoms with Gasteiger partial charge < -0.3 is 0 Å². The van der Waals surface area contributed by atoms with Gasteiger partial charge in [-0.2, -0.15) is 0 Å². The van der Waals surface area contributed by atoms with Crippen molar-refractivity contribution in [3.8, 4) is 0 Å². The molecule has 0 radical (unpaired) electrons. The summed E-state index contributed by atoms with van der Waals surface area (Å²) in [6.45, 7) is 4.21. The summed E-state index contributed by atoms with van der Waals surface area (Å²) in [5.41, 5.74) is -0.175. The fraction of sp³-hybridized carbons (Fsp3) is 0.900. The molecule has 0 N–H and O–H groups in total. The molecule has 2 saturated carbocycles. The number of hydrogen-bond donors (Lipinski definition) is 0. The van der Waals surface area contributed by atoms with Gasteiger partial charge in [0.1, 0.15) is 0 Å². The van der Waals surface area contributed by atoms with Crippen LogP contribution in [0.3, 0.4) is 0 Å². The molecule has 0 unspecified atom stereocenters. The van der Waals surface area contributed by atoms with E-state index in [4.69, 9.17) is 23.2 Å². The minimum atomic E-state index is -1.11. The Hall–Kier alpha value is 0.250. The first kappa shape index (κ1) is 9.79. The molecule has 2 aliphatic rings. The molecule has 0 amide bonds. The summed E-state index contributed by atoms with van der Waals surface area (Å²) in [5.74, 6) is 0.620. The number of hydrogen-bond acceptors (Lipinski definition) is 1. The number of Topliss-reactive ketones (excluding diaryl/α,β-unsaturated/α-hetero) is 1. The molecule has 74 valence electrons. The quantitative estimate of drug-likeness (QED) is 0.574. The minimum absolute atomic E-state index is 0.0462. The highest BCUT2D eigenvalue weighted by Gasteiger charge is 2.70. The van der Waals surface area contributed by atoms with Crippen LogP contribution >= 0.6 is 23.2 Å². The Morgan fingerprint density at radius 2 is 2.00 bits per heavy atom. The molecule has 13 heavy (non-hydrogen) atoms. The van der Waals surface area contributed by atoms with Crippen LogP contribution in [0.1, 0.15) is 33.1 Å². The lowest BCUT2D eigenvalue weighted by Crippen LogP contribution is -2.68. The number of alkyl halides is 2. The molecule has 3 heteroatoms. The van der Waals surface area contributed by atoms with Crippen LogP contribution in [0.15, 0.2) is 0 Å². The van der Waals surface area contributed by atoms with Crippen LogP contribution in [0.4, 0.5) is 0 Å². The van der Waals surface area contributed by atoms with Crippen molar-refractivity contribution in [1.82, 2.24) is 0 Å². The molecule has 0 aromatic carbocycles. The van der Waals surface area contributed by atoms with E-state index in [9.17, 15) is 4.79 Å². The van der Waals surface area contributed by atoms with Gasteiger partial charge in [-0.25, -0.2) is 0 Å². The van der Waals surface area contributed by atoms with Crippen LogP contribution in [0.5, 0.6) is 0 Å². The minimum Gasteiger partial charge on any atom is -0.296 e. The fourth-order valence-electron chi connectivity index (χ4n) is 2.91. The highest BCUT2D eigenvalue weighted by molar-refractivity contribution is 6.61. The molecule has 0 heterocycles. The number of fused-ring (bicyclic) bond motifs is 1. The van der Waals surface area contributed by atoms with Gasteiger partial charge in [0.15, 0.2) is 10.1 Å². The smallest absolute Gasteiger partial charge is 0.182 e. The number of rotatable bonds is 0. The Labute approximate surface area is 88.8 Å². The van der Waals surface area contributed by atoms with Crippen molar-refractivity contribution in [2.24, 2.45) is 17.3 Å². The van der Waals surface area contributed by atoms with Crippen LogP contribution in [0, 0.1) is 17.3 Å². The van der Waals surface area contributed by atoms with Gasteiger partial charge in [-0.1, -0.05) is 49.9 Å². The Balaban J connectivity index is 2.35. The van der Waals surface area contributed by atoms with Crippen molar-refractivity contribution in [1.29, 1.82) is 0 Å². The summed E-state index contributed by atoms with van der Waals surface area (Å²) in [6, 6.07) is 0. The zero-order valence-electron chi connectivity index (χ0n) is 7.94. The number of carbonyl (C=O) groups excluding carboxylic acids is 1. The first-order valence-corrected chi connectivity index (χ1v) is 5.60. The number of carbonyl (C=O) groups is 1. The van der Waals surface area contributed by atoms with E-state index >= 15 is 0 Å². The van der Waals surface area contributed by atoms with E-state index in [0.717, 1.165) is 19.3 Å². The topological polar surface area (TPSA) is 17.1 Å². The van der Waals surface area contributed by atoms with Crippen molar-refractivity contribution < 1.29 is 4.79 Å². The van der Waals surface area contributed by atoms with Crippen LogP contribution < -0.4 is 0 Å². The van der Waals surface area contributed by atoms with Crippen LogP contribution in [-0.4, -0.2) is 10.1 Å². The summed E-state index contributed by atoms with van der Waals surface area (Å²) >= 11 is 12.2. The van der Waals surface area contributed by atoms with Gasteiger partial charge in [0.25, 0.3) is 0 Å². The monoisotopic (exact) mass is 220 g/mol. The summed E-state index contributed by atoms with van der Waals surface area (Å²) in [6.07, 6.45) is 3.25. The standard InChI is InChI=1S/C10H14Cl2O/c1-6-4-3-5-7-8(13)10(11,12)9(6,7)2/h6-7H,3-5H2,1-2H3/t6-,7+,9+/m0/s1. The Kier molecular flexibility index (Phi) is 1.99. The molecular formula is C10H14Cl2O. The van der Waals surface area contributed by atoms with Crippen LogP contribution in [-0.2, 0) is 4.79 Å². The summed E-state index contributed by atoms with van der Waals surface area (Å²) in [7, 11) is 0. The molecule has 0 bridgehead atoms. The van der Waals surface area contributed by atoms with E-state index in [1.807, 2.05) is 0 Å². The van der Waals surface area contributed by atoms with Gasteiger partial charge in [0, 0.05) is 11.3 Å². The van der Waals surface area contributed by atoms with E-state index in [2.05, 4.69) is 13.8 Å². The second kappa shape index (κ2) is 2.64. The first-order valence-electron chi connectivity index (χ1n) is 4.84. The lowest BCUT2D eigenvalue weighted by molar-refractivity contribution is -0.153. The maximum atomic E-state index is 11.6. The average Bonchev–Trinajstić information content (AvgIpc) is 2.09. The highest BCUT2D eigenvalue weighted by Crippen LogP contribution is 2.66. The van der Waals surface area contributed by atoms with Crippen molar-refractivity contribution in [2.75, 3.05) is 0 Å². The number of halogens is 2. The predicted octanol–water partition coefficient (Wildman–Crippen LogP) is 3.19. The molecule has 0 spiro atoms. The zero-order valence-corrected chi connectivity index (χ0v) is 9.45. The SMILES string of the molecule is C[C@H]1CCC[C@@H]2C(=O)C(Cl)(Cl)[C@@]21C. The first-order chi connectivity index (χ1) is 5.92. The molecule has 0 saturated heterocycles. The third-order valence-electron chi connectivity index (χ3n) is 4.18. The lowest BCUT2D eigenvalue weighted by Gasteiger charge is -2.60. The van der Waals surface area contributed by atoms with E-state index in [1.165, 1.54) is 0 Å². The molecule has 0 aromatic heterocycles. The van der Waals surface area contributed by atoms with Crippen molar-refractivity contribution in [3.05, 3.63) is 0 Å². The predicted molar refractivity (Wildman–Crippen MR) is 54.1 cm³/mol. The van der Waals surface area contributed by atoms with Gasteiger partial charge in [-0.15, -0.1) is 0 Å². The maximum absolute atomic E-state index is 11.6. The van der Waals surface area contributed by atoms with E-state index in [0.29, 0.717) is 5.92 Å². The van der Waals surface area contributed by atoms with Crippen molar-refractivity contribution >= 4 is 29.0 Å². The lowest BCUT2D eigenvalue weighted by atomic mass is 9.49. The third kappa shape index (κ3) is 0.928. The van der Waals surface area contributed by atoms with Gasteiger partial charge in [0.2, 0.25) is 0 Å². The van der Waals surface area contributed by atoms with Gasteiger partial charge in [0.05, 0.1) is 0 Å². The highest BCUT2D eigenvalue weighted by atomic mass is 35.5. The van der Waals surface area contributed by atoms with E-state index < -0.39 is 4.33 Å². The maximum Gasteiger partial charge on any atom is 0.182 e. The molecule has 2 fully saturated rings. The second-order valence-corrected chi connectivity index (χ2v) is 5.93. The number of ketones is 1. The molecule has 2 aliphatic carbocycles. The van der Waals surface area contributed by atoms with Crippen molar-refractivity contribution in [3.63, 3.8) is 0 Å². The summed E-state index contributed by atoms with van der Waals surface area (Å²) in [4.78, 5) is 11.6. The van der Waals surface area contributed by atoms with Crippen LogP contribution in [0.25, 0.3) is 0 Å². The molecule has 1 nitrogen and oxygen atoms in total. The van der Waals surface area contributed by atoms with Crippen LogP contribution in [0.2, 0.25) is 0 Å². The fourth-order valence-corrected chi connectivity index (χ4v) is 3.81. The molecule has 3 atom stereocenters. The average molecular weight is 221 g/mol. The second-order valence-electron chi connectivity index (χ2n) is 4.61. The third-order valence-corrected chi connectivity index (χ3v) is 5.37. The Morgan fingerprint density at radius 3 is 2.54 bits per heavy atom. The molecule has 0 aromatic rings. The van der Waals surface area contributed by atoms with Gasteiger partial charge in [-0.05, 0) is 12.3 Å². The Bertz CT molecular complexity index is 262. The molecule has 0 aliphatic heterocycles. The molecule has 2 rings (SSSR count). The Morgan fingerprint density at radius 1 is 1.38 bits per heavy atom. The van der Waals surface area contributed by atoms with E-state index in [-0.39, 0.29) is 17.1 Å². The van der Waals surface area contributed by atoms with Gasteiger partial charge in [-0.3, -0.25) is 4.79 Å². The largest absolute Gasteiger partial charge is 0.296 e.